The van der Waals surface area contributed by atoms with Crippen molar-refractivity contribution in [1.29, 1.82) is 0 Å². The molecule has 0 saturated carbocycles. The first kappa shape index (κ1) is 14.9. The molecule has 2 atom stereocenters. The minimum atomic E-state index is -0.978. The highest BCUT2D eigenvalue weighted by atomic mass is 35.5. The summed E-state index contributed by atoms with van der Waals surface area (Å²) in [5.74, 6) is -0.589. The van der Waals surface area contributed by atoms with Gasteiger partial charge in [0.1, 0.15) is 12.6 Å². The number of ether oxygens (including phenoxy) is 1. The van der Waals surface area contributed by atoms with Gasteiger partial charge in [-0.05, 0) is 12.5 Å². The third-order valence-corrected chi connectivity index (χ3v) is 2.02. The summed E-state index contributed by atoms with van der Waals surface area (Å²) in [6, 6.07) is 8.32. The topological polar surface area (TPSA) is 72.5 Å². The molecular formula is C11H16ClNO3. The van der Waals surface area contributed by atoms with Gasteiger partial charge in [0.25, 0.3) is 0 Å². The van der Waals surface area contributed by atoms with Crippen LogP contribution < -0.4 is 5.73 Å². The van der Waals surface area contributed by atoms with Crippen LogP contribution in [0.25, 0.3) is 0 Å². The molecule has 3 N–H and O–H groups in total. The van der Waals surface area contributed by atoms with Crippen molar-refractivity contribution in [2.75, 3.05) is 0 Å². The lowest BCUT2D eigenvalue weighted by Gasteiger charge is -2.13. The zero-order chi connectivity index (χ0) is 11.3. The fourth-order valence-electron chi connectivity index (χ4n) is 1.02. The fourth-order valence-corrected chi connectivity index (χ4v) is 1.02. The van der Waals surface area contributed by atoms with Crippen LogP contribution in [0.2, 0.25) is 0 Å². The summed E-state index contributed by atoms with van der Waals surface area (Å²) in [4.78, 5) is 11.3. The van der Waals surface area contributed by atoms with E-state index >= 15 is 0 Å². The van der Waals surface area contributed by atoms with Crippen molar-refractivity contribution in [3.63, 3.8) is 0 Å². The maximum absolute atomic E-state index is 11.3. The third kappa shape index (κ3) is 4.61. The quantitative estimate of drug-likeness (QED) is 0.772. The largest absolute Gasteiger partial charge is 0.460 e. The van der Waals surface area contributed by atoms with E-state index in [0.717, 1.165) is 5.56 Å². The van der Waals surface area contributed by atoms with Crippen molar-refractivity contribution in [2.45, 2.75) is 25.7 Å². The molecule has 0 aliphatic carbocycles. The molecule has 1 aromatic carbocycles. The molecule has 0 aliphatic heterocycles. The van der Waals surface area contributed by atoms with Crippen LogP contribution in [0.4, 0.5) is 0 Å². The van der Waals surface area contributed by atoms with Gasteiger partial charge in [0.05, 0.1) is 6.10 Å². The van der Waals surface area contributed by atoms with Gasteiger partial charge in [-0.3, -0.25) is 4.79 Å². The van der Waals surface area contributed by atoms with E-state index in [2.05, 4.69) is 0 Å². The van der Waals surface area contributed by atoms with E-state index in [4.69, 9.17) is 15.6 Å². The Bertz CT molecular complexity index is 316. The number of hydrogen-bond donors (Lipinski definition) is 2. The van der Waals surface area contributed by atoms with E-state index in [-0.39, 0.29) is 19.0 Å². The van der Waals surface area contributed by atoms with Crippen LogP contribution in [-0.4, -0.2) is 23.2 Å². The number of carbonyl (C=O) groups is 1. The molecule has 4 nitrogen and oxygen atoms in total. The predicted molar refractivity (Wildman–Crippen MR) is 63.1 cm³/mol. The maximum atomic E-state index is 11.3. The molecule has 0 saturated heterocycles. The van der Waals surface area contributed by atoms with Crippen molar-refractivity contribution in [3.8, 4) is 0 Å². The summed E-state index contributed by atoms with van der Waals surface area (Å²) in [5.41, 5.74) is 6.29. The van der Waals surface area contributed by atoms with E-state index in [1.165, 1.54) is 6.92 Å². The van der Waals surface area contributed by atoms with Gasteiger partial charge in [-0.25, -0.2) is 0 Å². The highest BCUT2D eigenvalue weighted by Crippen LogP contribution is 2.02. The van der Waals surface area contributed by atoms with Crippen LogP contribution in [0.15, 0.2) is 30.3 Å². The van der Waals surface area contributed by atoms with Crippen LogP contribution in [0.5, 0.6) is 0 Å². The fraction of sp³-hybridized carbons (Fsp3) is 0.364. The zero-order valence-electron chi connectivity index (χ0n) is 9.00. The number of hydrogen-bond acceptors (Lipinski definition) is 4. The maximum Gasteiger partial charge on any atom is 0.325 e. The summed E-state index contributed by atoms with van der Waals surface area (Å²) in [7, 11) is 0. The van der Waals surface area contributed by atoms with Crippen molar-refractivity contribution in [3.05, 3.63) is 35.9 Å². The summed E-state index contributed by atoms with van der Waals surface area (Å²) < 4.78 is 4.93. The molecular weight excluding hydrogens is 230 g/mol. The molecule has 0 heterocycles. The molecule has 0 amide bonds. The highest BCUT2D eigenvalue weighted by Gasteiger charge is 2.19. The summed E-state index contributed by atoms with van der Waals surface area (Å²) in [6.45, 7) is 1.63. The van der Waals surface area contributed by atoms with Crippen LogP contribution in [0.3, 0.4) is 0 Å². The Labute approximate surface area is 101 Å². The van der Waals surface area contributed by atoms with Gasteiger partial charge in [-0.1, -0.05) is 30.3 Å². The molecule has 16 heavy (non-hydrogen) atoms. The number of nitrogens with two attached hydrogens (primary N) is 1. The van der Waals surface area contributed by atoms with Crippen molar-refractivity contribution < 1.29 is 14.6 Å². The van der Waals surface area contributed by atoms with Crippen molar-refractivity contribution in [1.82, 2.24) is 0 Å². The molecule has 0 bridgehead atoms. The Morgan fingerprint density at radius 1 is 1.44 bits per heavy atom. The van der Waals surface area contributed by atoms with Gasteiger partial charge in [0.15, 0.2) is 0 Å². The second kappa shape index (κ2) is 7.22. The van der Waals surface area contributed by atoms with Crippen LogP contribution in [0, 0.1) is 0 Å². The minimum absolute atomic E-state index is 0. The number of halogens is 1. The van der Waals surface area contributed by atoms with Gasteiger partial charge >= 0.3 is 5.97 Å². The Morgan fingerprint density at radius 3 is 2.50 bits per heavy atom. The first-order valence-electron chi connectivity index (χ1n) is 4.75. The Morgan fingerprint density at radius 2 is 2.00 bits per heavy atom. The van der Waals surface area contributed by atoms with Crippen molar-refractivity contribution in [2.24, 2.45) is 5.73 Å². The number of aliphatic hydroxyl groups excluding tert-OH is 1. The molecule has 90 valence electrons. The lowest BCUT2D eigenvalue weighted by Crippen LogP contribution is -2.41. The van der Waals surface area contributed by atoms with Gasteiger partial charge in [0.2, 0.25) is 0 Å². The Balaban J connectivity index is 0.00000225. The van der Waals surface area contributed by atoms with Gasteiger partial charge < -0.3 is 15.6 Å². The van der Waals surface area contributed by atoms with Gasteiger partial charge in [0, 0.05) is 0 Å². The molecule has 0 radical (unpaired) electrons. The summed E-state index contributed by atoms with van der Waals surface area (Å²) in [5, 5.41) is 9.06. The SMILES string of the molecule is C[C@@H](O)[C@H](N)C(=O)OCc1ccccc1.Cl. The molecule has 0 aromatic heterocycles. The second-order valence-corrected chi connectivity index (χ2v) is 3.36. The first-order valence-corrected chi connectivity index (χ1v) is 4.75. The number of rotatable bonds is 4. The van der Waals surface area contributed by atoms with E-state index in [1.807, 2.05) is 30.3 Å². The van der Waals surface area contributed by atoms with Gasteiger partial charge in [-0.2, -0.15) is 0 Å². The van der Waals surface area contributed by atoms with Crippen LogP contribution >= 0.6 is 12.4 Å². The number of aliphatic hydroxyl groups is 1. The van der Waals surface area contributed by atoms with Gasteiger partial charge in [-0.15, -0.1) is 12.4 Å². The molecule has 1 aromatic rings. The lowest BCUT2D eigenvalue weighted by molar-refractivity contribution is -0.149. The third-order valence-electron chi connectivity index (χ3n) is 2.02. The number of carbonyl (C=O) groups excluding carboxylic acids is 1. The lowest BCUT2D eigenvalue weighted by atomic mass is 10.2. The van der Waals surface area contributed by atoms with E-state index in [1.54, 1.807) is 0 Å². The second-order valence-electron chi connectivity index (χ2n) is 3.36. The number of esters is 1. The molecule has 0 fully saturated rings. The molecule has 1 rings (SSSR count). The first-order chi connectivity index (χ1) is 7.11. The average Bonchev–Trinajstić information content (AvgIpc) is 2.26. The highest BCUT2D eigenvalue weighted by molar-refractivity contribution is 5.85. The smallest absolute Gasteiger partial charge is 0.325 e. The minimum Gasteiger partial charge on any atom is -0.460 e. The Kier molecular flexibility index (Phi) is 6.72. The molecule has 0 unspecified atom stereocenters. The summed E-state index contributed by atoms with van der Waals surface area (Å²) >= 11 is 0. The average molecular weight is 246 g/mol. The molecule has 5 heteroatoms. The van der Waals surface area contributed by atoms with Crippen LogP contribution in [0.1, 0.15) is 12.5 Å². The molecule has 0 spiro atoms. The molecule has 0 aliphatic rings. The Hall–Kier alpha value is -1.10. The zero-order valence-corrected chi connectivity index (χ0v) is 9.81. The van der Waals surface area contributed by atoms with Crippen LogP contribution in [-0.2, 0) is 16.1 Å². The standard InChI is InChI=1S/C11H15NO3.ClH/c1-8(13)10(12)11(14)15-7-9-5-3-2-4-6-9;/h2-6,8,10,13H,7,12H2,1H3;1H/t8-,10+;/m1./s1. The van der Waals surface area contributed by atoms with E-state index in [9.17, 15) is 4.79 Å². The summed E-state index contributed by atoms with van der Waals surface area (Å²) in [6.07, 6.45) is -0.895. The normalized spacial score (nSPS) is 13.4. The van der Waals surface area contributed by atoms with E-state index < -0.39 is 18.1 Å². The predicted octanol–water partition coefficient (Wildman–Crippen LogP) is 0.860. The monoisotopic (exact) mass is 245 g/mol. The van der Waals surface area contributed by atoms with Crippen molar-refractivity contribution >= 4 is 18.4 Å². The number of benzene rings is 1. The van der Waals surface area contributed by atoms with E-state index in [0.29, 0.717) is 0 Å².